The summed E-state index contributed by atoms with van der Waals surface area (Å²) in [5.74, 6) is 0. The van der Waals surface area contributed by atoms with E-state index < -0.39 is 0 Å². The number of aryl methyl sites for hydroxylation is 2. The molecule has 1 nitrogen and oxygen atoms in total. The van der Waals surface area contributed by atoms with Gasteiger partial charge in [0.05, 0.1) is 0 Å². The topological polar surface area (TPSA) is 12.0 Å². The number of hydrogen-bond donors (Lipinski definition) is 1. The summed E-state index contributed by atoms with van der Waals surface area (Å²) >= 11 is 6.25. The maximum absolute atomic E-state index is 6.25. The first-order valence-electron chi connectivity index (χ1n) is 7.06. The molecular weight excluding hydrogens is 266 g/mol. The molecule has 0 saturated heterocycles. The molecule has 0 aliphatic heterocycles. The molecule has 20 heavy (non-hydrogen) atoms. The fraction of sp³-hybridized carbons (Fsp3) is 0.333. The van der Waals surface area contributed by atoms with Crippen LogP contribution in [-0.2, 0) is 0 Å². The van der Waals surface area contributed by atoms with E-state index in [0.717, 1.165) is 10.6 Å². The van der Waals surface area contributed by atoms with Gasteiger partial charge in [0.2, 0.25) is 0 Å². The monoisotopic (exact) mass is 287 g/mol. The number of benzene rings is 2. The molecule has 106 valence electrons. The van der Waals surface area contributed by atoms with Crippen LogP contribution < -0.4 is 5.32 Å². The number of rotatable bonds is 4. The molecule has 0 saturated carbocycles. The van der Waals surface area contributed by atoms with E-state index in [9.17, 15) is 0 Å². The summed E-state index contributed by atoms with van der Waals surface area (Å²) in [4.78, 5) is 0. The lowest BCUT2D eigenvalue weighted by Crippen LogP contribution is -2.22. The van der Waals surface area contributed by atoms with Gasteiger partial charge in [0.25, 0.3) is 0 Å². The van der Waals surface area contributed by atoms with Crippen LogP contribution in [0.25, 0.3) is 0 Å². The highest BCUT2D eigenvalue weighted by molar-refractivity contribution is 6.31. The van der Waals surface area contributed by atoms with E-state index >= 15 is 0 Å². The van der Waals surface area contributed by atoms with Crippen LogP contribution in [0.1, 0.15) is 48.2 Å². The Labute approximate surface area is 127 Å². The van der Waals surface area contributed by atoms with Gasteiger partial charge < -0.3 is 5.32 Å². The quantitative estimate of drug-likeness (QED) is 0.797. The van der Waals surface area contributed by atoms with Crippen molar-refractivity contribution in [2.75, 3.05) is 0 Å². The summed E-state index contributed by atoms with van der Waals surface area (Å²) in [7, 11) is 0. The van der Waals surface area contributed by atoms with Crippen LogP contribution in [-0.4, -0.2) is 0 Å². The minimum absolute atomic E-state index is 0.223. The average Bonchev–Trinajstić information content (AvgIpc) is 2.42. The molecule has 0 amide bonds. The SMILES string of the molecule is Cc1ccc(C(C)N[C@H](C)c2ccccc2Cl)cc1C. The van der Waals surface area contributed by atoms with Gasteiger partial charge in [-0.2, -0.15) is 0 Å². The first-order chi connectivity index (χ1) is 9.49. The molecule has 0 bridgehead atoms. The van der Waals surface area contributed by atoms with Gasteiger partial charge in [-0.05, 0) is 56.0 Å². The second-order valence-electron chi connectivity index (χ2n) is 5.48. The van der Waals surface area contributed by atoms with E-state index in [1.165, 1.54) is 16.7 Å². The van der Waals surface area contributed by atoms with Gasteiger partial charge in [-0.3, -0.25) is 0 Å². The van der Waals surface area contributed by atoms with Crippen molar-refractivity contribution in [2.24, 2.45) is 0 Å². The third-order valence-corrected chi connectivity index (χ3v) is 4.25. The Morgan fingerprint density at radius 1 is 0.900 bits per heavy atom. The highest BCUT2D eigenvalue weighted by Crippen LogP contribution is 2.25. The van der Waals surface area contributed by atoms with Crippen molar-refractivity contribution in [1.29, 1.82) is 0 Å². The predicted octanol–water partition coefficient (Wildman–Crippen LogP) is 5.37. The van der Waals surface area contributed by atoms with Gasteiger partial charge in [0, 0.05) is 17.1 Å². The van der Waals surface area contributed by atoms with Gasteiger partial charge in [-0.15, -0.1) is 0 Å². The standard InChI is InChI=1S/C18H22ClN/c1-12-9-10-16(11-13(12)2)14(3)20-15(4)17-7-5-6-8-18(17)19/h5-11,14-15,20H,1-4H3/t14?,15-/m1/s1. The van der Waals surface area contributed by atoms with Crippen LogP contribution in [0.4, 0.5) is 0 Å². The van der Waals surface area contributed by atoms with E-state index in [1.807, 2.05) is 18.2 Å². The molecular formula is C18H22ClN. The van der Waals surface area contributed by atoms with E-state index in [-0.39, 0.29) is 6.04 Å². The third kappa shape index (κ3) is 3.41. The maximum Gasteiger partial charge on any atom is 0.0453 e. The van der Waals surface area contributed by atoms with Crippen molar-refractivity contribution in [2.45, 2.75) is 39.8 Å². The molecule has 1 N–H and O–H groups in total. The van der Waals surface area contributed by atoms with Gasteiger partial charge in [0.15, 0.2) is 0 Å². The van der Waals surface area contributed by atoms with Crippen LogP contribution in [0.15, 0.2) is 42.5 Å². The summed E-state index contributed by atoms with van der Waals surface area (Å²) in [6.45, 7) is 8.64. The molecule has 0 radical (unpaired) electrons. The van der Waals surface area contributed by atoms with Crippen LogP contribution in [0.2, 0.25) is 5.02 Å². The molecule has 0 spiro atoms. The van der Waals surface area contributed by atoms with Crippen molar-refractivity contribution in [3.05, 3.63) is 69.7 Å². The minimum atomic E-state index is 0.223. The zero-order chi connectivity index (χ0) is 14.7. The second-order valence-corrected chi connectivity index (χ2v) is 5.88. The van der Waals surface area contributed by atoms with Gasteiger partial charge >= 0.3 is 0 Å². The molecule has 0 fully saturated rings. The van der Waals surface area contributed by atoms with Gasteiger partial charge in [-0.1, -0.05) is 48.0 Å². The van der Waals surface area contributed by atoms with Gasteiger partial charge in [-0.25, -0.2) is 0 Å². The molecule has 0 aliphatic rings. The third-order valence-electron chi connectivity index (χ3n) is 3.90. The Morgan fingerprint density at radius 2 is 1.60 bits per heavy atom. The Hall–Kier alpha value is -1.31. The second kappa shape index (κ2) is 6.43. The number of halogens is 1. The van der Waals surface area contributed by atoms with Crippen LogP contribution >= 0.6 is 11.6 Å². The molecule has 2 rings (SSSR count). The minimum Gasteiger partial charge on any atom is -0.304 e. The number of nitrogens with one attached hydrogen (secondary N) is 1. The first kappa shape index (κ1) is 15.1. The molecule has 0 heterocycles. The molecule has 2 aromatic rings. The van der Waals surface area contributed by atoms with Crippen molar-refractivity contribution < 1.29 is 0 Å². The van der Waals surface area contributed by atoms with Gasteiger partial charge in [0.1, 0.15) is 0 Å². The normalized spacial score (nSPS) is 14.1. The van der Waals surface area contributed by atoms with E-state index in [2.05, 4.69) is 57.3 Å². The lowest BCUT2D eigenvalue weighted by atomic mass is 10.0. The van der Waals surface area contributed by atoms with Crippen molar-refractivity contribution in [1.82, 2.24) is 5.32 Å². The Bertz CT molecular complexity index is 592. The molecule has 0 aromatic heterocycles. The van der Waals surface area contributed by atoms with Crippen molar-refractivity contribution in [3.8, 4) is 0 Å². The van der Waals surface area contributed by atoms with Crippen molar-refractivity contribution in [3.63, 3.8) is 0 Å². The fourth-order valence-corrected chi connectivity index (χ4v) is 2.72. The predicted molar refractivity (Wildman–Crippen MR) is 87.3 cm³/mol. The molecule has 1 unspecified atom stereocenters. The lowest BCUT2D eigenvalue weighted by Gasteiger charge is -2.22. The molecule has 2 heteroatoms. The van der Waals surface area contributed by atoms with Crippen LogP contribution in [0.5, 0.6) is 0 Å². The zero-order valence-electron chi connectivity index (χ0n) is 12.6. The molecule has 0 aliphatic carbocycles. The summed E-state index contributed by atoms with van der Waals surface area (Å²) in [5.41, 5.74) is 5.12. The van der Waals surface area contributed by atoms with Crippen LogP contribution in [0.3, 0.4) is 0 Å². The largest absolute Gasteiger partial charge is 0.304 e. The van der Waals surface area contributed by atoms with E-state index in [0.29, 0.717) is 6.04 Å². The lowest BCUT2D eigenvalue weighted by molar-refractivity contribution is 0.494. The Kier molecular flexibility index (Phi) is 4.85. The highest BCUT2D eigenvalue weighted by atomic mass is 35.5. The maximum atomic E-state index is 6.25. The van der Waals surface area contributed by atoms with E-state index in [1.54, 1.807) is 0 Å². The molecule has 2 aromatic carbocycles. The summed E-state index contributed by atoms with van der Waals surface area (Å²) < 4.78 is 0. The van der Waals surface area contributed by atoms with Crippen LogP contribution in [0, 0.1) is 13.8 Å². The summed E-state index contributed by atoms with van der Waals surface area (Å²) in [6.07, 6.45) is 0. The average molecular weight is 288 g/mol. The highest BCUT2D eigenvalue weighted by Gasteiger charge is 2.13. The Balaban J connectivity index is 2.13. The summed E-state index contributed by atoms with van der Waals surface area (Å²) in [5, 5.41) is 4.43. The van der Waals surface area contributed by atoms with E-state index in [4.69, 9.17) is 11.6 Å². The Morgan fingerprint density at radius 3 is 2.25 bits per heavy atom. The fourth-order valence-electron chi connectivity index (χ4n) is 2.42. The van der Waals surface area contributed by atoms with Crippen molar-refractivity contribution >= 4 is 11.6 Å². The zero-order valence-corrected chi connectivity index (χ0v) is 13.3. The smallest absolute Gasteiger partial charge is 0.0453 e. The summed E-state index contributed by atoms with van der Waals surface area (Å²) in [6, 6.07) is 15.2. The number of hydrogen-bond acceptors (Lipinski definition) is 1. The molecule has 2 atom stereocenters. The first-order valence-corrected chi connectivity index (χ1v) is 7.44.